The highest BCUT2D eigenvalue weighted by Gasteiger charge is 2.12. The number of H-pyrrole nitrogens is 1. The molecule has 3 aromatic heterocycles. The van der Waals surface area contributed by atoms with Gasteiger partial charge in [-0.05, 0) is 54.8 Å². The molecule has 6 nitrogen and oxygen atoms in total. The zero-order valence-corrected chi connectivity index (χ0v) is 16.2. The number of nitrogens with zero attached hydrogens (tertiary/aromatic N) is 2. The lowest BCUT2D eigenvalue weighted by Crippen LogP contribution is -2.12. The van der Waals surface area contributed by atoms with Crippen molar-refractivity contribution in [3.63, 3.8) is 0 Å². The molecule has 0 atom stereocenters. The Morgan fingerprint density at radius 1 is 1.07 bits per heavy atom. The summed E-state index contributed by atoms with van der Waals surface area (Å²) in [5, 5.41) is 7.11. The maximum Gasteiger partial charge on any atom is 0.272 e. The van der Waals surface area contributed by atoms with Crippen LogP contribution in [0.4, 0.5) is 0 Å². The molecule has 27 heavy (non-hydrogen) atoms. The number of rotatable bonds is 3. The molecule has 0 fully saturated rings. The van der Waals surface area contributed by atoms with Crippen molar-refractivity contribution in [1.29, 1.82) is 0 Å². The van der Waals surface area contributed by atoms with Gasteiger partial charge in [-0.15, -0.1) is 24.8 Å². The van der Waals surface area contributed by atoms with Gasteiger partial charge in [0.05, 0.1) is 23.4 Å². The minimum atomic E-state index is -0.207. The second-order valence-electron chi connectivity index (χ2n) is 5.78. The molecule has 0 saturated heterocycles. The molecule has 3 heterocycles. The van der Waals surface area contributed by atoms with Gasteiger partial charge in [0.1, 0.15) is 11.3 Å². The third-order valence-electron chi connectivity index (χ3n) is 4.07. The minimum absolute atomic E-state index is 0. The van der Waals surface area contributed by atoms with E-state index in [0.717, 1.165) is 27.7 Å². The van der Waals surface area contributed by atoms with E-state index in [2.05, 4.69) is 15.2 Å². The fraction of sp³-hybridized carbons (Fsp3) is 0.105. The highest BCUT2D eigenvalue weighted by molar-refractivity contribution is 5.85. The lowest BCUT2D eigenvalue weighted by Gasteiger charge is -2.11. The zero-order valence-electron chi connectivity index (χ0n) is 14.6. The molecule has 140 valence electrons. The molecule has 1 N–H and O–H groups in total. The number of ether oxygens (including phenoxy) is 1. The van der Waals surface area contributed by atoms with Crippen LogP contribution in [0.5, 0.6) is 11.6 Å². The molecule has 4 aromatic rings. The molecule has 1 aromatic carbocycles. The summed E-state index contributed by atoms with van der Waals surface area (Å²) in [4.78, 5) is 16.4. The van der Waals surface area contributed by atoms with Crippen LogP contribution in [0.1, 0.15) is 11.1 Å². The number of aryl methyl sites for hydroxylation is 2. The van der Waals surface area contributed by atoms with Crippen LogP contribution in [0.15, 0.2) is 58.2 Å². The Hall–Kier alpha value is -2.83. The summed E-state index contributed by atoms with van der Waals surface area (Å²) in [5.74, 6) is 1.13. The lowest BCUT2D eigenvalue weighted by atomic mass is 9.99. The molecular formula is C19H17Cl2N3O3. The first kappa shape index (κ1) is 20.5. The van der Waals surface area contributed by atoms with Crippen molar-refractivity contribution in [3.05, 3.63) is 70.5 Å². The maximum absolute atomic E-state index is 12.1. The van der Waals surface area contributed by atoms with E-state index in [4.69, 9.17) is 9.15 Å². The number of nitrogens with one attached hydrogen (secondary N) is 1. The van der Waals surface area contributed by atoms with Crippen LogP contribution in [0, 0.1) is 13.8 Å². The second-order valence-corrected chi connectivity index (χ2v) is 5.78. The first-order valence-electron chi connectivity index (χ1n) is 7.79. The van der Waals surface area contributed by atoms with Gasteiger partial charge in [-0.1, -0.05) is 6.07 Å². The Morgan fingerprint density at radius 3 is 2.63 bits per heavy atom. The third-order valence-corrected chi connectivity index (χ3v) is 4.07. The van der Waals surface area contributed by atoms with E-state index in [9.17, 15) is 4.79 Å². The molecule has 0 saturated carbocycles. The van der Waals surface area contributed by atoms with Crippen LogP contribution < -0.4 is 10.3 Å². The van der Waals surface area contributed by atoms with E-state index >= 15 is 0 Å². The molecule has 0 radical (unpaired) electrons. The number of halogens is 2. The summed E-state index contributed by atoms with van der Waals surface area (Å²) in [5.41, 5.74) is 3.73. The summed E-state index contributed by atoms with van der Waals surface area (Å²) in [6.45, 7) is 3.80. The number of furan rings is 1. The van der Waals surface area contributed by atoms with Crippen molar-refractivity contribution in [2.75, 3.05) is 0 Å². The summed E-state index contributed by atoms with van der Waals surface area (Å²) < 4.78 is 11.3. The number of fused-ring (bicyclic) bond motifs is 1. The standard InChI is InChI=1S/C19H15N3O3.2ClH/c1-11-9-13(25-19-15-6-8-24-16(15)5-7-20-19)3-4-14(11)17-12(2)10-21-22-18(17)23;;/h3-10H,1-2H3,(H,22,23);2*1H. The fourth-order valence-corrected chi connectivity index (χ4v) is 2.86. The molecule has 0 unspecified atom stereocenters. The molecule has 0 aliphatic carbocycles. The van der Waals surface area contributed by atoms with E-state index in [1.165, 1.54) is 0 Å². The number of hydrogen-bond acceptors (Lipinski definition) is 5. The number of aromatic nitrogens is 3. The Balaban J connectivity index is 0.00000131. The van der Waals surface area contributed by atoms with Crippen LogP contribution >= 0.6 is 24.8 Å². The van der Waals surface area contributed by atoms with Gasteiger partial charge >= 0.3 is 0 Å². The van der Waals surface area contributed by atoms with Gasteiger partial charge < -0.3 is 9.15 Å². The smallest absolute Gasteiger partial charge is 0.272 e. The van der Waals surface area contributed by atoms with Crippen molar-refractivity contribution < 1.29 is 9.15 Å². The molecule has 0 amide bonds. The predicted octanol–water partition coefficient (Wildman–Crippen LogP) is 4.83. The SMILES string of the molecule is Cc1cc(Oc2nccc3occc23)ccc1-c1c(C)cn[nH]c1=O.Cl.Cl. The summed E-state index contributed by atoms with van der Waals surface area (Å²) in [6, 6.07) is 9.18. The van der Waals surface area contributed by atoms with E-state index in [0.29, 0.717) is 17.2 Å². The van der Waals surface area contributed by atoms with Crippen molar-refractivity contribution in [3.8, 4) is 22.8 Å². The molecule has 4 rings (SSSR count). The minimum Gasteiger partial charge on any atom is -0.464 e. The van der Waals surface area contributed by atoms with Gasteiger partial charge in [0.25, 0.3) is 5.56 Å². The van der Waals surface area contributed by atoms with Crippen LogP contribution in [0.3, 0.4) is 0 Å². The highest BCUT2D eigenvalue weighted by Crippen LogP contribution is 2.31. The van der Waals surface area contributed by atoms with Gasteiger partial charge in [-0.2, -0.15) is 5.10 Å². The van der Waals surface area contributed by atoms with Gasteiger partial charge in [-0.3, -0.25) is 4.79 Å². The van der Waals surface area contributed by atoms with Gasteiger partial charge in [-0.25, -0.2) is 10.1 Å². The van der Waals surface area contributed by atoms with E-state index in [-0.39, 0.29) is 30.4 Å². The lowest BCUT2D eigenvalue weighted by molar-refractivity contribution is 0.468. The molecular weight excluding hydrogens is 389 g/mol. The number of benzene rings is 1. The van der Waals surface area contributed by atoms with Crippen LogP contribution in [0.25, 0.3) is 22.1 Å². The maximum atomic E-state index is 12.1. The second kappa shape index (κ2) is 8.24. The van der Waals surface area contributed by atoms with Gasteiger partial charge in [0, 0.05) is 6.20 Å². The first-order valence-corrected chi connectivity index (χ1v) is 7.79. The topological polar surface area (TPSA) is 81.0 Å². The molecule has 0 spiro atoms. The molecule has 8 heteroatoms. The van der Waals surface area contributed by atoms with E-state index in [1.54, 1.807) is 24.7 Å². The predicted molar refractivity (Wildman–Crippen MR) is 108 cm³/mol. The quantitative estimate of drug-likeness (QED) is 0.527. The summed E-state index contributed by atoms with van der Waals surface area (Å²) >= 11 is 0. The summed E-state index contributed by atoms with van der Waals surface area (Å²) in [6.07, 6.45) is 4.89. The van der Waals surface area contributed by atoms with Crippen molar-refractivity contribution in [2.45, 2.75) is 13.8 Å². The number of aromatic amines is 1. The van der Waals surface area contributed by atoms with Gasteiger partial charge in [0.15, 0.2) is 0 Å². The monoisotopic (exact) mass is 405 g/mol. The Labute approximate surface area is 167 Å². The van der Waals surface area contributed by atoms with Crippen molar-refractivity contribution in [2.24, 2.45) is 0 Å². The Bertz CT molecular complexity index is 1140. The van der Waals surface area contributed by atoms with E-state index < -0.39 is 0 Å². The van der Waals surface area contributed by atoms with Gasteiger partial charge in [0.2, 0.25) is 5.88 Å². The number of pyridine rings is 1. The molecule has 0 bridgehead atoms. The molecule has 0 aliphatic rings. The van der Waals surface area contributed by atoms with Crippen molar-refractivity contribution in [1.82, 2.24) is 15.2 Å². The van der Waals surface area contributed by atoms with Crippen LogP contribution in [-0.2, 0) is 0 Å². The average Bonchev–Trinajstić information content (AvgIpc) is 3.06. The zero-order chi connectivity index (χ0) is 17.4. The normalized spacial score (nSPS) is 10.1. The van der Waals surface area contributed by atoms with E-state index in [1.807, 2.05) is 38.1 Å². The summed E-state index contributed by atoms with van der Waals surface area (Å²) in [7, 11) is 0. The fourth-order valence-electron chi connectivity index (χ4n) is 2.86. The van der Waals surface area contributed by atoms with Crippen molar-refractivity contribution >= 4 is 35.8 Å². The van der Waals surface area contributed by atoms with Crippen LogP contribution in [0.2, 0.25) is 0 Å². The highest BCUT2D eigenvalue weighted by atomic mass is 35.5. The Morgan fingerprint density at radius 2 is 1.89 bits per heavy atom. The average molecular weight is 406 g/mol. The number of hydrogen-bond donors (Lipinski definition) is 1. The Kier molecular flexibility index (Phi) is 6.25. The first-order chi connectivity index (χ1) is 12.1. The molecule has 0 aliphatic heterocycles. The van der Waals surface area contributed by atoms with Crippen LogP contribution in [-0.4, -0.2) is 15.2 Å². The third kappa shape index (κ3) is 3.82. The largest absolute Gasteiger partial charge is 0.464 e.